The fraction of sp³-hybridized carbons (Fsp3) is 0.300. The van der Waals surface area contributed by atoms with Gasteiger partial charge in [-0.1, -0.05) is 23.5 Å². The number of nitrogen functional groups attached to an aromatic ring is 1. The van der Waals surface area contributed by atoms with Crippen molar-refractivity contribution in [2.75, 3.05) is 25.9 Å². The highest BCUT2D eigenvalue weighted by Crippen LogP contribution is 2.34. The number of hydrogen-bond acceptors (Lipinski definition) is 5. The number of halogens is 1. The van der Waals surface area contributed by atoms with E-state index in [9.17, 15) is 9.18 Å². The smallest absolute Gasteiger partial charge is 0.253 e. The Morgan fingerprint density at radius 1 is 1.37 bits per heavy atom. The van der Waals surface area contributed by atoms with Crippen LogP contribution in [0.1, 0.15) is 23.2 Å². The second-order valence-electron chi connectivity index (χ2n) is 6.68. The van der Waals surface area contributed by atoms with Crippen LogP contribution in [0, 0.1) is 5.82 Å². The number of aromatic nitrogens is 1. The Kier molecular flexibility index (Phi) is 4.80. The molecule has 0 saturated carbocycles. The molecule has 5 nitrogen and oxygen atoms in total. The van der Waals surface area contributed by atoms with Gasteiger partial charge in [0.25, 0.3) is 5.91 Å². The first-order valence-corrected chi connectivity index (χ1v) is 9.65. The van der Waals surface area contributed by atoms with Gasteiger partial charge in [-0.05, 0) is 42.7 Å². The van der Waals surface area contributed by atoms with Crippen molar-refractivity contribution in [3.8, 4) is 11.1 Å². The summed E-state index contributed by atoms with van der Waals surface area (Å²) in [5.41, 5.74) is 8.42. The van der Waals surface area contributed by atoms with E-state index in [-0.39, 0.29) is 17.8 Å². The number of carbonyl (C=O) groups excluding carboxylic acids is 1. The molecule has 2 N–H and O–H groups in total. The number of anilines is 1. The summed E-state index contributed by atoms with van der Waals surface area (Å²) in [5.74, 6) is -0.388. The summed E-state index contributed by atoms with van der Waals surface area (Å²) in [7, 11) is 1.67. The van der Waals surface area contributed by atoms with Crippen molar-refractivity contribution in [1.82, 2.24) is 9.88 Å². The second kappa shape index (κ2) is 7.25. The number of nitrogens with zero attached hydrogens (tertiary/aromatic N) is 2. The SMILES string of the molecule is COC1CCCN(C(=O)c2cccc(-c3cc(F)cc4sc(N)nc34)c2)C1. The number of thiazole rings is 1. The molecule has 1 amide bonds. The van der Waals surface area contributed by atoms with Crippen LogP contribution in [0.15, 0.2) is 36.4 Å². The van der Waals surface area contributed by atoms with E-state index in [0.29, 0.717) is 33.0 Å². The molecule has 1 aromatic heterocycles. The van der Waals surface area contributed by atoms with Crippen LogP contribution in [0.25, 0.3) is 21.3 Å². The van der Waals surface area contributed by atoms with Gasteiger partial charge in [0.1, 0.15) is 5.82 Å². The number of nitrogens with two attached hydrogens (primary N) is 1. The number of benzene rings is 2. The van der Waals surface area contributed by atoms with Gasteiger partial charge in [-0.25, -0.2) is 9.37 Å². The second-order valence-corrected chi connectivity index (χ2v) is 7.75. The van der Waals surface area contributed by atoms with Gasteiger partial charge in [0.2, 0.25) is 0 Å². The molecule has 4 rings (SSSR count). The topological polar surface area (TPSA) is 68.5 Å². The highest BCUT2D eigenvalue weighted by Gasteiger charge is 2.24. The van der Waals surface area contributed by atoms with Crippen LogP contribution in [0.3, 0.4) is 0 Å². The first-order chi connectivity index (χ1) is 13.0. The summed E-state index contributed by atoms with van der Waals surface area (Å²) in [4.78, 5) is 19.1. The lowest BCUT2D eigenvalue weighted by molar-refractivity contribution is 0.0269. The first-order valence-electron chi connectivity index (χ1n) is 8.83. The van der Waals surface area contributed by atoms with Gasteiger partial charge < -0.3 is 15.4 Å². The molecule has 2 heterocycles. The van der Waals surface area contributed by atoms with E-state index in [4.69, 9.17) is 10.5 Å². The van der Waals surface area contributed by atoms with Gasteiger partial charge in [-0.2, -0.15) is 0 Å². The minimum absolute atomic E-state index is 0.0379. The molecule has 1 atom stereocenters. The molecular weight excluding hydrogens is 365 g/mol. The predicted molar refractivity (Wildman–Crippen MR) is 105 cm³/mol. The highest BCUT2D eigenvalue weighted by molar-refractivity contribution is 7.22. The molecule has 0 radical (unpaired) electrons. The largest absolute Gasteiger partial charge is 0.380 e. The number of ether oxygens (including phenoxy) is 1. The van der Waals surface area contributed by atoms with E-state index in [1.165, 1.54) is 23.5 Å². The Hall–Kier alpha value is -2.51. The number of hydrogen-bond donors (Lipinski definition) is 1. The summed E-state index contributed by atoms with van der Waals surface area (Å²) in [6.07, 6.45) is 1.96. The highest BCUT2D eigenvalue weighted by atomic mass is 32.1. The number of piperidine rings is 1. The Labute approximate surface area is 160 Å². The van der Waals surface area contributed by atoms with Crippen molar-refractivity contribution < 1.29 is 13.9 Å². The average molecular weight is 385 g/mol. The number of carbonyl (C=O) groups is 1. The maximum atomic E-state index is 14.1. The molecule has 0 spiro atoms. The molecule has 1 aliphatic rings. The Morgan fingerprint density at radius 2 is 2.22 bits per heavy atom. The van der Waals surface area contributed by atoms with Crippen molar-refractivity contribution in [2.45, 2.75) is 18.9 Å². The maximum Gasteiger partial charge on any atom is 0.253 e. The third-order valence-electron chi connectivity index (χ3n) is 4.90. The van der Waals surface area contributed by atoms with Crippen molar-refractivity contribution >= 4 is 32.6 Å². The first kappa shape index (κ1) is 17.9. The standard InChI is InChI=1S/C20H20FN3O2S/c1-26-15-6-3-7-24(11-15)19(25)13-5-2-4-12(8-13)16-9-14(21)10-17-18(16)23-20(22)27-17/h2,4-5,8-10,15H,3,6-7,11H2,1H3,(H2,22,23). The molecular formula is C20H20FN3O2S. The zero-order valence-corrected chi connectivity index (χ0v) is 15.8. The molecule has 1 saturated heterocycles. The minimum Gasteiger partial charge on any atom is -0.380 e. The van der Waals surface area contributed by atoms with Gasteiger partial charge in [0.15, 0.2) is 5.13 Å². The monoisotopic (exact) mass is 385 g/mol. The van der Waals surface area contributed by atoms with Gasteiger partial charge in [-0.15, -0.1) is 0 Å². The normalized spacial score (nSPS) is 17.4. The van der Waals surface area contributed by atoms with Crippen molar-refractivity contribution in [3.63, 3.8) is 0 Å². The molecule has 1 aliphatic heterocycles. The van der Waals surface area contributed by atoms with E-state index in [2.05, 4.69) is 4.98 Å². The fourth-order valence-corrected chi connectivity index (χ4v) is 4.34. The van der Waals surface area contributed by atoms with Crippen molar-refractivity contribution in [3.05, 3.63) is 47.8 Å². The van der Waals surface area contributed by atoms with E-state index in [1.807, 2.05) is 17.0 Å². The molecule has 1 unspecified atom stereocenters. The zero-order valence-electron chi connectivity index (χ0n) is 14.9. The molecule has 3 aromatic rings. The summed E-state index contributed by atoms with van der Waals surface area (Å²) in [6.45, 7) is 1.31. The van der Waals surface area contributed by atoms with Crippen LogP contribution in [0.5, 0.6) is 0 Å². The quantitative estimate of drug-likeness (QED) is 0.742. The summed E-state index contributed by atoms with van der Waals surface area (Å²) < 4.78 is 20.2. The number of methoxy groups -OCH3 is 1. The number of amides is 1. The maximum absolute atomic E-state index is 14.1. The zero-order chi connectivity index (χ0) is 19.0. The number of likely N-dealkylation sites (tertiary alicyclic amines) is 1. The molecule has 27 heavy (non-hydrogen) atoms. The fourth-order valence-electron chi connectivity index (χ4n) is 3.55. The summed E-state index contributed by atoms with van der Waals surface area (Å²) in [5, 5.41) is 0.392. The average Bonchev–Trinajstić information content (AvgIpc) is 3.06. The summed E-state index contributed by atoms with van der Waals surface area (Å²) >= 11 is 1.25. The Balaban J connectivity index is 1.70. The van der Waals surface area contributed by atoms with Crippen LogP contribution in [0.4, 0.5) is 9.52 Å². The molecule has 0 aliphatic carbocycles. The lowest BCUT2D eigenvalue weighted by Gasteiger charge is -2.32. The van der Waals surface area contributed by atoms with E-state index in [0.717, 1.165) is 24.9 Å². The lowest BCUT2D eigenvalue weighted by Crippen LogP contribution is -2.42. The van der Waals surface area contributed by atoms with E-state index < -0.39 is 0 Å². The van der Waals surface area contributed by atoms with Gasteiger partial charge in [-0.3, -0.25) is 4.79 Å². The van der Waals surface area contributed by atoms with E-state index in [1.54, 1.807) is 19.2 Å². The third kappa shape index (κ3) is 3.52. The lowest BCUT2D eigenvalue weighted by atomic mass is 10.0. The van der Waals surface area contributed by atoms with Gasteiger partial charge in [0, 0.05) is 31.3 Å². The molecule has 2 aromatic carbocycles. The molecule has 7 heteroatoms. The number of fused-ring (bicyclic) bond motifs is 1. The van der Waals surface area contributed by atoms with Crippen molar-refractivity contribution in [2.24, 2.45) is 0 Å². The minimum atomic E-state index is -0.350. The van der Waals surface area contributed by atoms with Gasteiger partial charge in [0.05, 0.1) is 16.3 Å². The Morgan fingerprint density at radius 3 is 3.04 bits per heavy atom. The predicted octanol–water partition coefficient (Wildman–Crippen LogP) is 3.94. The van der Waals surface area contributed by atoms with Crippen LogP contribution < -0.4 is 5.73 Å². The van der Waals surface area contributed by atoms with Crippen LogP contribution in [0.2, 0.25) is 0 Å². The third-order valence-corrected chi connectivity index (χ3v) is 5.73. The van der Waals surface area contributed by atoms with Crippen LogP contribution in [-0.2, 0) is 4.74 Å². The molecule has 140 valence electrons. The van der Waals surface area contributed by atoms with Crippen LogP contribution >= 0.6 is 11.3 Å². The van der Waals surface area contributed by atoms with Crippen molar-refractivity contribution in [1.29, 1.82) is 0 Å². The Bertz CT molecular complexity index is 1000. The van der Waals surface area contributed by atoms with E-state index >= 15 is 0 Å². The van der Waals surface area contributed by atoms with Crippen LogP contribution in [-0.4, -0.2) is 42.1 Å². The number of rotatable bonds is 3. The summed E-state index contributed by atoms with van der Waals surface area (Å²) in [6, 6.07) is 10.1. The molecule has 1 fully saturated rings. The molecule has 0 bridgehead atoms. The van der Waals surface area contributed by atoms with Gasteiger partial charge >= 0.3 is 0 Å².